The number of alkyl halides is 1. The van der Waals surface area contributed by atoms with Gasteiger partial charge in [0.1, 0.15) is 0 Å². The highest BCUT2D eigenvalue weighted by Crippen LogP contribution is 2.38. The van der Waals surface area contributed by atoms with Crippen LogP contribution in [0.3, 0.4) is 0 Å². The van der Waals surface area contributed by atoms with Crippen LogP contribution in [0.1, 0.15) is 38.2 Å². The lowest BCUT2D eigenvalue weighted by atomic mass is 9.97. The molecule has 3 rings (SSSR count). The molecule has 1 aliphatic heterocycles. The van der Waals surface area contributed by atoms with Gasteiger partial charge in [0.05, 0.1) is 5.38 Å². The number of rotatable bonds is 2. The molecule has 4 heteroatoms. The predicted octanol–water partition coefficient (Wildman–Crippen LogP) is 4.60. The first-order valence-corrected chi connectivity index (χ1v) is 8.33. The topological polar surface area (TPSA) is 20.3 Å². The zero-order valence-corrected chi connectivity index (χ0v) is 14.0. The zero-order chi connectivity index (χ0) is 15.1. The molecule has 0 spiro atoms. The quantitative estimate of drug-likeness (QED) is 0.741. The molecule has 0 N–H and O–H groups in total. The minimum absolute atomic E-state index is 0.115. The summed E-state index contributed by atoms with van der Waals surface area (Å²) in [5, 5.41) is -0.115. The van der Waals surface area contributed by atoms with E-state index in [0.29, 0.717) is 6.42 Å². The maximum atomic E-state index is 11.7. The van der Waals surface area contributed by atoms with E-state index in [0.717, 1.165) is 17.7 Å². The van der Waals surface area contributed by atoms with Gasteiger partial charge in [-0.15, -0.1) is 22.9 Å². The van der Waals surface area contributed by atoms with Crippen LogP contribution >= 0.6 is 22.9 Å². The van der Waals surface area contributed by atoms with Gasteiger partial charge in [0.15, 0.2) is 0 Å². The molecule has 0 fully saturated rings. The lowest BCUT2D eigenvalue weighted by molar-refractivity contribution is -0.118. The molecule has 0 saturated heterocycles. The monoisotopic (exact) mass is 319 g/mol. The SMILES string of the molecule is Cc1cc(C(Cl)c2ccc3c(c2)CCC(=O)N3C)sc1C. The second-order valence-corrected chi connectivity index (χ2v) is 7.32. The molecule has 1 aromatic heterocycles. The number of hydrogen-bond acceptors (Lipinski definition) is 2. The molecule has 1 aliphatic rings. The smallest absolute Gasteiger partial charge is 0.227 e. The Morgan fingerprint density at radius 3 is 2.67 bits per heavy atom. The lowest BCUT2D eigenvalue weighted by Gasteiger charge is -2.26. The number of anilines is 1. The number of thiophene rings is 1. The van der Waals surface area contributed by atoms with Gasteiger partial charge in [-0.1, -0.05) is 12.1 Å². The molecule has 0 radical (unpaired) electrons. The van der Waals surface area contributed by atoms with Gasteiger partial charge in [0.25, 0.3) is 0 Å². The number of benzene rings is 1. The average molecular weight is 320 g/mol. The standard InChI is InChI=1S/C17H18ClNOS/c1-10-8-15(21-11(10)2)17(18)13-4-6-14-12(9-13)5-7-16(20)19(14)3/h4,6,8-9,17H,5,7H2,1-3H3. The van der Waals surface area contributed by atoms with Crippen LogP contribution in [0.5, 0.6) is 0 Å². The minimum atomic E-state index is -0.115. The molecular formula is C17H18ClNOS. The predicted molar refractivity (Wildman–Crippen MR) is 89.7 cm³/mol. The highest BCUT2D eigenvalue weighted by atomic mass is 35.5. The van der Waals surface area contributed by atoms with Crippen molar-refractivity contribution in [2.75, 3.05) is 11.9 Å². The molecule has 2 nitrogen and oxygen atoms in total. The molecule has 0 saturated carbocycles. The highest BCUT2D eigenvalue weighted by Gasteiger charge is 2.22. The Hall–Kier alpha value is -1.32. The summed E-state index contributed by atoms with van der Waals surface area (Å²) in [5.41, 5.74) is 4.63. The van der Waals surface area contributed by atoms with E-state index >= 15 is 0 Å². The van der Waals surface area contributed by atoms with Crippen LogP contribution < -0.4 is 4.90 Å². The van der Waals surface area contributed by atoms with Crippen LogP contribution in [-0.4, -0.2) is 13.0 Å². The van der Waals surface area contributed by atoms with Gasteiger partial charge in [-0.2, -0.15) is 0 Å². The van der Waals surface area contributed by atoms with Gasteiger partial charge in [-0.05, 0) is 49.1 Å². The van der Waals surface area contributed by atoms with Gasteiger partial charge >= 0.3 is 0 Å². The van der Waals surface area contributed by atoms with E-state index in [4.69, 9.17) is 11.6 Å². The highest BCUT2D eigenvalue weighted by molar-refractivity contribution is 7.12. The van der Waals surface area contributed by atoms with E-state index in [2.05, 4.69) is 26.0 Å². The maximum Gasteiger partial charge on any atom is 0.227 e. The van der Waals surface area contributed by atoms with Gasteiger partial charge in [0.2, 0.25) is 5.91 Å². The Balaban J connectivity index is 1.95. The van der Waals surface area contributed by atoms with Crippen molar-refractivity contribution in [1.29, 1.82) is 0 Å². The second kappa shape index (κ2) is 5.47. The van der Waals surface area contributed by atoms with E-state index in [1.165, 1.54) is 20.9 Å². The van der Waals surface area contributed by atoms with Crippen molar-refractivity contribution in [2.24, 2.45) is 0 Å². The average Bonchev–Trinajstić information content (AvgIpc) is 2.81. The number of aryl methyl sites for hydroxylation is 3. The number of fused-ring (bicyclic) bond motifs is 1. The number of nitrogens with zero attached hydrogens (tertiary/aromatic N) is 1. The second-order valence-electron chi connectivity index (χ2n) is 5.59. The Morgan fingerprint density at radius 1 is 1.24 bits per heavy atom. The third-order valence-electron chi connectivity index (χ3n) is 4.17. The summed E-state index contributed by atoms with van der Waals surface area (Å²) < 4.78 is 0. The molecule has 1 unspecified atom stereocenters. The number of carbonyl (C=O) groups excluding carboxylic acids is 1. The lowest BCUT2D eigenvalue weighted by Crippen LogP contribution is -2.31. The summed E-state index contributed by atoms with van der Waals surface area (Å²) in [7, 11) is 1.84. The van der Waals surface area contributed by atoms with Crippen LogP contribution in [0.25, 0.3) is 0 Å². The molecule has 1 atom stereocenters. The number of carbonyl (C=O) groups is 1. The summed E-state index contributed by atoms with van der Waals surface area (Å²) in [6.07, 6.45) is 1.38. The third kappa shape index (κ3) is 2.60. The van der Waals surface area contributed by atoms with E-state index in [1.807, 2.05) is 19.2 Å². The van der Waals surface area contributed by atoms with E-state index in [-0.39, 0.29) is 11.3 Å². The molecule has 0 aliphatic carbocycles. The minimum Gasteiger partial charge on any atom is -0.315 e. The van der Waals surface area contributed by atoms with E-state index < -0.39 is 0 Å². The van der Waals surface area contributed by atoms with Gasteiger partial charge in [-0.3, -0.25) is 4.79 Å². The van der Waals surface area contributed by atoms with Crippen LogP contribution in [-0.2, 0) is 11.2 Å². The van der Waals surface area contributed by atoms with Crippen LogP contribution in [0.4, 0.5) is 5.69 Å². The van der Waals surface area contributed by atoms with Crippen molar-refractivity contribution < 1.29 is 4.79 Å². The fraction of sp³-hybridized carbons (Fsp3) is 0.353. The first kappa shape index (κ1) is 14.6. The first-order chi connectivity index (χ1) is 9.97. The molecular weight excluding hydrogens is 302 g/mol. The molecule has 2 heterocycles. The fourth-order valence-electron chi connectivity index (χ4n) is 2.73. The third-order valence-corrected chi connectivity index (χ3v) is 6.01. The van der Waals surface area contributed by atoms with Crippen molar-refractivity contribution in [2.45, 2.75) is 32.1 Å². The molecule has 21 heavy (non-hydrogen) atoms. The normalized spacial score (nSPS) is 16.0. The summed E-state index contributed by atoms with van der Waals surface area (Å²) >= 11 is 8.41. The maximum absolute atomic E-state index is 11.7. The van der Waals surface area contributed by atoms with E-state index in [1.54, 1.807) is 16.2 Å². The Labute approximate surface area is 134 Å². The number of amides is 1. The van der Waals surface area contributed by atoms with Gasteiger partial charge in [-0.25, -0.2) is 0 Å². The van der Waals surface area contributed by atoms with Crippen molar-refractivity contribution in [1.82, 2.24) is 0 Å². The molecule has 110 valence electrons. The van der Waals surface area contributed by atoms with Crippen molar-refractivity contribution >= 4 is 34.5 Å². The number of hydrogen-bond donors (Lipinski definition) is 0. The Kier molecular flexibility index (Phi) is 3.80. The molecule has 1 amide bonds. The van der Waals surface area contributed by atoms with Crippen LogP contribution in [0.15, 0.2) is 24.3 Å². The van der Waals surface area contributed by atoms with Gasteiger partial charge < -0.3 is 4.90 Å². The van der Waals surface area contributed by atoms with Crippen molar-refractivity contribution in [3.05, 3.63) is 50.7 Å². The van der Waals surface area contributed by atoms with E-state index in [9.17, 15) is 4.79 Å². The number of halogens is 1. The Morgan fingerprint density at radius 2 is 2.00 bits per heavy atom. The zero-order valence-electron chi connectivity index (χ0n) is 12.4. The molecule has 2 aromatic rings. The first-order valence-electron chi connectivity index (χ1n) is 7.07. The summed E-state index contributed by atoms with van der Waals surface area (Å²) in [4.78, 5) is 16.0. The van der Waals surface area contributed by atoms with Gasteiger partial charge in [0, 0.05) is 28.9 Å². The molecule has 0 bridgehead atoms. The van der Waals surface area contributed by atoms with Crippen molar-refractivity contribution in [3.63, 3.8) is 0 Å². The van der Waals surface area contributed by atoms with Crippen LogP contribution in [0.2, 0.25) is 0 Å². The molecule has 1 aromatic carbocycles. The van der Waals surface area contributed by atoms with Crippen molar-refractivity contribution in [3.8, 4) is 0 Å². The summed E-state index contributed by atoms with van der Waals surface area (Å²) in [5.74, 6) is 0.183. The largest absolute Gasteiger partial charge is 0.315 e. The summed E-state index contributed by atoms with van der Waals surface area (Å²) in [6, 6.07) is 8.38. The summed E-state index contributed by atoms with van der Waals surface area (Å²) in [6.45, 7) is 4.24. The van der Waals surface area contributed by atoms with Crippen LogP contribution in [0, 0.1) is 13.8 Å². The fourth-order valence-corrected chi connectivity index (χ4v) is 4.11. The Bertz CT molecular complexity index is 687.